The summed E-state index contributed by atoms with van der Waals surface area (Å²) >= 11 is 3.22. The van der Waals surface area contributed by atoms with E-state index in [9.17, 15) is 4.79 Å². The van der Waals surface area contributed by atoms with Crippen LogP contribution in [0.2, 0.25) is 0 Å². The van der Waals surface area contributed by atoms with Gasteiger partial charge in [-0.2, -0.15) is 0 Å². The Morgan fingerprint density at radius 2 is 2.43 bits per heavy atom. The molecule has 1 aliphatic rings. The zero-order chi connectivity index (χ0) is 10.1. The lowest BCUT2D eigenvalue weighted by atomic mass is 10.1. The molecule has 0 aromatic carbocycles. The van der Waals surface area contributed by atoms with Crippen molar-refractivity contribution in [3.63, 3.8) is 0 Å². The van der Waals surface area contributed by atoms with Gasteiger partial charge < -0.3 is 0 Å². The molecule has 0 bridgehead atoms. The van der Waals surface area contributed by atoms with Crippen LogP contribution in [0.4, 0.5) is 0 Å². The molecular weight excluding hydrogens is 246 g/mol. The molecule has 0 N–H and O–H groups in total. The van der Waals surface area contributed by atoms with Gasteiger partial charge in [0, 0.05) is 7.05 Å². The number of ketones is 1. The summed E-state index contributed by atoms with van der Waals surface area (Å²) in [7, 11) is 1.72. The number of halogens is 1. The maximum Gasteiger partial charge on any atom is 0.209 e. The molecule has 0 saturated heterocycles. The number of nitrogens with zero attached hydrogens (tertiary/aromatic N) is 3. The van der Waals surface area contributed by atoms with Gasteiger partial charge in [-0.15, -0.1) is 5.10 Å². The van der Waals surface area contributed by atoms with Gasteiger partial charge in [0.2, 0.25) is 5.78 Å². The van der Waals surface area contributed by atoms with Crippen LogP contribution in [-0.4, -0.2) is 20.8 Å². The summed E-state index contributed by atoms with van der Waals surface area (Å²) in [4.78, 5) is 12.0. The highest BCUT2D eigenvalue weighted by Crippen LogP contribution is 2.24. The minimum atomic E-state index is 0.0434. The first-order valence-corrected chi connectivity index (χ1v) is 5.28. The topological polar surface area (TPSA) is 47.8 Å². The van der Waals surface area contributed by atoms with E-state index in [4.69, 9.17) is 0 Å². The van der Waals surface area contributed by atoms with Gasteiger partial charge in [-0.05, 0) is 40.8 Å². The van der Waals surface area contributed by atoms with Crippen LogP contribution in [0.1, 0.15) is 29.8 Å². The van der Waals surface area contributed by atoms with Crippen molar-refractivity contribution >= 4 is 21.7 Å². The lowest BCUT2D eigenvalue weighted by Gasteiger charge is -2.00. The van der Waals surface area contributed by atoms with E-state index in [0.29, 0.717) is 10.3 Å². The van der Waals surface area contributed by atoms with Crippen molar-refractivity contribution in [2.45, 2.75) is 19.3 Å². The van der Waals surface area contributed by atoms with Gasteiger partial charge in [0.1, 0.15) is 5.69 Å². The molecule has 0 saturated carbocycles. The van der Waals surface area contributed by atoms with E-state index in [1.54, 1.807) is 7.05 Å². The first-order valence-electron chi connectivity index (χ1n) is 4.49. The maximum atomic E-state index is 12.0. The van der Waals surface area contributed by atoms with Crippen LogP contribution in [-0.2, 0) is 7.05 Å². The normalized spacial score (nSPS) is 15.7. The Morgan fingerprint density at radius 3 is 2.93 bits per heavy atom. The van der Waals surface area contributed by atoms with Crippen molar-refractivity contribution in [2.24, 2.45) is 7.05 Å². The SMILES string of the molecule is Cn1nnc(Br)c1C(=O)C1=CCCC1. The molecule has 0 atom stereocenters. The van der Waals surface area contributed by atoms with E-state index in [1.165, 1.54) is 4.68 Å². The highest BCUT2D eigenvalue weighted by Gasteiger charge is 2.21. The highest BCUT2D eigenvalue weighted by molar-refractivity contribution is 9.10. The fraction of sp³-hybridized carbons (Fsp3) is 0.444. The standard InChI is InChI=1S/C9H10BrN3O/c1-13-7(9(10)11-12-13)8(14)6-4-2-3-5-6/h4H,2-3,5H2,1H3. The Balaban J connectivity index is 2.35. The molecule has 0 spiro atoms. The zero-order valence-corrected chi connectivity index (χ0v) is 9.41. The molecule has 4 nitrogen and oxygen atoms in total. The fourth-order valence-electron chi connectivity index (χ4n) is 1.60. The van der Waals surface area contributed by atoms with Crippen LogP contribution in [0.3, 0.4) is 0 Å². The zero-order valence-electron chi connectivity index (χ0n) is 7.83. The summed E-state index contributed by atoms with van der Waals surface area (Å²) in [6.07, 6.45) is 4.95. The molecule has 0 amide bonds. The predicted octanol–water partition coefficient (Wildman–Crippen LogP) is 1.87. The van der Waals surface area contributed by atoms with Crippen LogP contribution in [0, 0.1) is 0 Å². The number of hydrogen-bond acceptors (Lipinski definition) is 3. The lowest BCUT2D eigenvalue weighted by molar-refractivity contribution is 0.102. The molecule has 0 aliphatic heterocycles. The van der Waals surface area contributed by atoms with Crippen LogP contribution in [0.15, 0.2) is 16.3 Å². The third-order valence-corrected chi connectivity index (χ3v) is 2.87. The Hall–Kier alpha value is -0.970. The summed E-state index contributed by atoms with van der Waals surface area (Å²) in [5.74, 6) is 0.0434. The second-order valence-corrected chi connectivity index (χ2v) is 4.05. The molecule has 0 radical (unpaired) electrons. The molecule has 5 heteroatoms. The summed E-state index contributed by atoms with van der Waals surface area (Å²) in [5, 5.41) is 7.57. The number of Topliss-reactive ketones (excluding diaryl/α,β-unsaturated/α-hetero) is 1. The number of hydrogen-bond donors (Lipinski definition) is 0. The third-order valence-electron chi connectivity index (χ3n) is 2.33. The average Bonchev–Trinajstić information content (AvgIpc) is 2.75. The predicted molar refractivity (Wildman–Crippen MR) is 55.0 cm³/mol. The van der Waals surface area contributed by atoms with E-state index in [0.717, 1.165) is 24.8 Å². The minimum Gasteiger partial charge on any atom is -0.287 e. The van der Waals surface area contributed by atoms with Gasteiger partial charge in [-0.1, -0.05) is 11.3 Å². The number of rotatable bonds is 2. The molecule has 2 rings (SSSR count). The Bertz CT molecular complexity index is 389. The number of carbonyl (C=O) groups excluding carboxylic acids is 1. The number of aryl methyl sites for hydroxylation is 1. The molecule has 0 unspecified atom stereocenters. The smallest absolute Gasteiger partial charge is 0.209 e. The van der Waals surface area contributed by atoms with Gasteiger partial charge in [-0.3, -0.25) is 4.79 Å². The quantitative estimate of drug-likeness (QED) is 0.759. The van der Waals surface area contributed by atoms with Crippen LogP contribution < -0.4 is 0 Å². The van der Waals surface area contributed by atoms with Crippen molar-refractivity contribution < 1.29 is 4.79 Å². The second kappa shape index (κ2) is 3.65. The third kappa shape index (κ3) is 1.52. The molecule has 74 valence electrons. The van der Waals surface area contributed by atoms with E-state index in [-0.39, 0.29) is 5.78 Å². The summed E-state index contributed by atoms with van der Waals surface area (Å²) in [6, 6.07) is 0. The first kappa shape index (κ1) is 9.58. The van der Waals surface area contributed by atoms with Crippen LogP contribution >= 0.6 is 15.9 Å². The molecule has 14 heavy (non-hydrogen) atoms. The highest BCUT2D eigenvalue weighted by atomic mass is 79.9. The Morgan fingerprint density at radius 1 is 1.64 bits per heavy atom. The Labute approximate surface area is 90.1 Å². The number of aromatic nitrogens is 3. The van der Waals surface area contributed by atoms with Crippen molar-refractivity contribution in [3.8, 4) is 0 Å². The summed E-state index contributed by atoms with van der Waals surface area (Å²) in [6.45, 7) is 0. The van der Waals surface area contributed by atoms with Gasteiger partial charge in [0.15, 0.2) is 4.60 Å². The second-order valence-electron chi connectivity index (χ2n) is 3.30. The first-order chi connectivity index (χ1) is 6.70. The van der Waals surface area contributed by atoms with E-state index < -0.39 is 0 Å². The van der Waals surface area contributed by atoms with E-state index in [1.807, 2.05) is 6.08 Å². The van der Waals surface area contributed by atoms with Crippen molar-refractivity contribution in [3.05, 3.63) is 21.9 Å². The average molecular weight is 256 g/mol. The molecule has 1 aromatic rings. The molecular formula is C9H10BrN3O. The fourth-order valence-corrected chi connectivity index (χ4v) is 2.11. The molecule has 1 heterocycles. The Kier molecular flexibility index (Phi) is 2.50. The number of allylic oxidation sites excluding steroid dienone is 2. The molecule has 1 aromatic heterocycles. The van der Waals surface area contributed by atoms with E-state index >= 15 is 0 Å². The van der Waals surface area contributed by atoms with Gasteiger partial charge in [-0.25, -0.2) is 4.68 Å². The molecule has 1 aliphatic carbocycles. The van der Waals surface area contributed by atoms with Gasteiger partial charge in [0.25, 0.3) is 0 Å². The van der Waals surface area contributed by atoms with Crippen molar-refractivity contribution in [1.82, 2.24) is 15.0 Å². The van der Waals surface area contributed by atoms with E-state index in [2.05, 4.69) is 26.2 Å². The maximum absolute atomic E-state index is 12.0. The largest absolute Gasteiger partial charge is 0.287 e. The van der Waals surface area contributed by atoms with Crippen molar-refractivity contribution in [2.75, 3.05) is 0 Å². The van der Waals surface area contributed by atoms with Crippen LogP contribution in [0.5, 0.6) is 0 Å². The number of carbonyl (C=O) groups is 1. The summed E-state index contributed by atoms with van der Waals surface area (Å²) in [5.41, 5.74) is 1.43. The monoisotopic (exact) mass is 255 g/mol. The lowest BCUT2D eigenvalue weighted by Crippen LogP contribution is -2.09. The summed E-state index contributed by atoms with van der Waals surface area (Å²) < 4.78 is 2.03. The minimum absolute atomic E-state index is 0.0434. The van der Waals surface area contributed by atoms with Crippen LogP contribution in [0.25, 0.3) is 0 Å². The van der Waals surface area contributed by atoms with Gasteiger partial charge >= 0.3 is 0 Å². The molecule has 0 fully saturated rings. The van der Waals surface area contributed by atoms with Crippen molar-refractivity contribution in [1.29, 1.82) is 0 Å². The van der Waals surface area contributed by atoms with Gasteiger partial charge in [0.05, 0.1) is 0 Å².